The summed E-state index contributed by atoms with van der Waals surface area (Å²) in [6, 6.07) is 9.67. The number of carbonyl (C=O) groups is 1. The van der Waals surface area contributed by atoms with Crippen molar-refractivity contribution in [2.24, 2.45) is 5.73 Å². The monoisotopic (exact) mass is 473 g/mol. The standard InChI is InChI=1S/C20H19ClF3N3O3S/c1-13-10-14(11-25)2-3-15(13)12-27(18(19(26)28)8-9-20(22,23)24)31(29,30)17-6-4-16(21)5-7-17/h2-7,10,18H,8-9,12H2,1H3,(H2,26,28). The van der Waals surface area contributed by atoms with Crippen LogP contribution in [-0.2, 0) is 21.4 Å². The lowest BCUT2D eigenvalue weighted by Crippen LogP contribution is -2.48. The first-order chi connectivity index (χ1) is 14.3. The van der Waals surface area contributed by atoms with Crippen LogP contribution in [0.5, 0.6) is 0 Å². The van der Waals surface area contributed by atoms with Crippen LogP contribution < -0.4 is 5.73 Å². The summed E-state index contributed by atoms with van der Waals surface area (Å²) < 4.78 is 65.7. The molecule has 0 heterocycles. The Morgan fingerprint density at radius 2 is 1.84 bits per heavy atom. The van der Waals surface area contributed by atoms with Gasteiger partial charge in [0.2, 0.25) is 15.9 Å². The van der Waals surface area contributed by atoms with E-state index in [2.05, 4.69) is 0 Å². The van der Waals surface area contributed by atoms with Crippen molar-refractivity contribution in [2.45, 2.75) is 43.4 Å². The van der Waals surface area contributed by atoms with E-state index >= 15 is 0 Å². The van der Waals surface area contributed by atoms with Crippen LogP contribution in [0.4, 0.5) is 13.2 Å². The number of primary amides is 1. The molecule has 0 spiro atoms. The Kier molecular flexibility index (Phi) is 7.70. The third kappa shape index (κ3) is 6.43. The van der Waals surface area contributed by atoms with E-state index in [0.29, 0.717) is 21.0 Å². The summed E-state index contributed by atoms with van der Waals surface area (Å²) in [4.78, 5) is 11.8. The number of benzene rings is 2. The summed E-state index contributed by atoms with van der Waals surface area (Å²) in [7, 11) is -4.42. The summed E-state index contributed by atoms with van der Waals surface area (Å²) in [5.74, 6) is -1.20. The van der Waals surface area contributed by atoms with Crippen molar-refractivity contribution in [3.05, 3.63) is 64.2 Å². The van der Waals surface area contributed by atoms with Gasteiger partial charge in [0.15, 0.2) is 0 Å². The van der Waals surface area contributed by atoms with Crippen LogP contribution in [0.1, 0.15) is 29.5 Å². The number of halogens is 4. The van der Waals surface area contributed by atoms with Gasteiger partial charge in [0, 0.05) is 18.0 Å². The zero-order valence-electron chi connectivity index (χ0n) is 16.4. The molecule has 0 aliphatic rings. The zero-order valence-corrected chi connectivity index (χ0v) is 17.9. The van der Waals surface area contributed by atoms with Crippen molar-refractivity contribution in [1.82, 2.24) is 4.31 Å². The Bertz CT molecular complexity index is 1100. The van der Waals surface area contributed by atoms with Gasteiger partial charge < -0.3 is 5.73 Å². The number of alkyl halides is 3. The lowest BCUT2D eigenvalue weighted by Gasteiger charge is -2.30. The molecule has 0 aromatic heterocycles. The van der Waals surface area contributed by atoms with E-state index in [1.165, 1.54) is 42.5 Å². The van der Waals surface area contributed by atoms with Gasteiger partial charge in [-0.25, -0.2) is 8.42 Å². The number of rotatable bonds is 8. The third-order valence-corrected chi connectivity index (χ3v) is 6.72. The Balaban J connectivity index is 2.55. The number of hydrogen-bond donors (Lipinski definition) is 1. The number of sulfonamides is 1. The van der Waals surface area contributed by atoms with E-state index in [0.717, 1.165) is 0 Å². The van der Waals surface area contributed by atoms with E-state index in [-0.39, 0.29) is 9.92 Å². The minimum Gasteiger partial charge on any atom is -0.368 e. The third-order valence-electron chi connectivity index (χ3n) is 4.60. The molecule has 0 fully saturated rings. The second-order valence-corrected chi connectivity index (χ2v) is 9.16. The highest BCUT2D eigenvalue weighted by atomic mass is 35.5. The van der Waals surface area contributed by atoms with Gasteiger partial charge in [-0.1, -0.05) is 17.7 Å². The number of aryl methyl sites for hydroxylation is 1. The number of nitrogens with zero attached hydrogens (tertiary/aromatic N) is 2. The maximum atomic E-state index is 13.3. The lowest BCUT2D eigenvalue weighted by molar-refractivity contribution is -0.140. The molecule has 166 valence electrons. The van der Waals surface area contributed by atoms with Crippen LogP contribution in [0.15, 0.2) is 47.4 Å². The highest BCUT2D eigenvalue weighted by molar-refractivity contribution is 7.89. The molecule has 11 heteroatoms. The van der Waals surface area contributed by atoms with E-state index in [9.17, 15) is 26.4 Å². The topological polar surface area (TPSA) is 104 Å². The highest BCUT2D eigenvalue weighted by Crippen LogP contribution is 2.29. The molecule has 2 aromatic rings. The first-order valence-electron chi connectivity index (χ1n) is 8.98. The molecule has 31 heavy (non-hydrogen) atoms. The fourth-order valence-corrected chi connectivity index (χ4v) is 4.67. The Morgan fingerprint density at radius 1 is 1.23 bits per heavy atom. The maximum absolute atomic E-state index is 13.3. The molecule has 1 amide bonds. The van der Waals surface area contributed by atoms with Crippen LogP contribution >= 0.6 is 11.6 Å². The summed E-state index contributed by atoms with van der Waals surface area (Å²) in [6.45, 7) is 1.21. The van der Waals surface area contributed by atoms with Crippen molar-refractivity contribution in [2.75, 3.05) is 0 Å². The Morgan fingerprint density at radius 3 is 2.32 bits per heavy atom. The van der Waals surface area contributed by atoms with E-state index in [1.807, 2.05) is 6.07 Å². The summed E-state index contributed by atoms with van der Waals surface area (Å²) in [6.07, 6.45) is -6.83. The molecule has 0 radical (unpaired) electrons. The van der Waals surface area contributed by atoms with Crippen molar-refractivity contribution in [3.63, 3.8) is 0 Å². The maximum Gasteiger partial charge on any atom is 0.389 e. The molecule has 2 rings (SSSR count). The SMILES string of the molecule is Cc1cc(C#N)ccc1CN(C(CCC(F)(F)F)C(N)=O)S(=O)(=O)c1ccc(Cl)cc1. The zero-order chi connectivity index (χ0) is 23.4. The molecule has 2 N–H and O–H groups in total. The molecule has 0 aliphatic heterocycles. The first kappa shape index (κ1) is 24.7. The molecule has 1 unspecified atom stereocenters. The van der Waals surface area contributed by atoms with Gasteiger partial charge in [-0.3, -0.25) is 4.79 Å². The number of amides is 1. The van der Waals surface area contributed by atoms with E-state index in [4.69, 9.17) is 22.6 Å². The van der Waals surface area contributed by atoms with Gasteiger partial charge in [0.1, 0.15) is 6.04 Å². The van der Waals surface area contributed by atoms with Gasteiger partial charge >= 0.3 is 6.18 Å². The molecular formula is C20H19ClF3N3O3S. The predicted octanol–water partition coefficient (Wildman–Crippen LogP) is 3.91. The smallest absolute Gasteiger partial charge is 0.368 e. The number of nitrogens with two attached hydrogens (primary N) is 1. The van der Waals surface area contributed by atoms with Crippen molar-refractivity contribution in [3.8, 4) is 6.07 Å². The normalized spacial score (nSPS) is 13.1. The molecule has 0 aliphatic carbocycles. The van der Waals surface area contributed by atoms with Gasteiger partial charge in [-0.2, -0.15) is 22.7 Å². The van der Waals surface area contributed by atoms with Gasteiger partial charge in [0.05, 0.1) is 16.5 Å². The van der Waals surface area contributed by atoms with Crippen LogP contribution in [0.2, 0.25) is 5.02 Å². The summed E-state index contributed by atoms with van der Waals surface area (Å²) >= 11 is 5.80. The van der Waals surface area contributed by atoms with Crippen molar-refractivity contribution in [1.29, 1.82) is 5.26 Å². The second kappa shape index (κ2) is 9.68. The minimum atomic E-state index is -4.60. The van der Waals surface area contributed by atoms with E-state index < -0.39 is 47.5 Å². The van der Waals surface area contributed by atoms with Crippen LogP contribution in [0.25, 0.3) is 0 Å². The quantitative estimate of drug-likeness (QED) is 0.627. The van der Waals surface area contributed by atoms with Crippen LogP contribution in [-0.4, -0.2) is 30.8 Å². The minimum absolute atomic E-state index is 0.249. The lowest BCUT2D eigenvalue weighted by atomic mass is 10.0. The van der Waals surface area contributed by atoms with Gasteiger partial charge in [-0.05, 0) is 60.9 Å². The molecule has 0 saturated heterocycles. The fraction of sp³-hybridized carbons (Fsp3) is 0.300. The van der Waals surface area contributed by atoms with Gasteiger partial charge in [0.25, 0.3) is 0 Å². The average Bonchev–Trinajstić information content (AvgIpc) is 2.67. The number of nitriles is 1. The van der Waals surface area contributed by atoms with Crippen molar-refractivity contribution < 1.29 is 26.4 Å². The molecule has 2 aromatic carbocycles. The Labute approximate surface area is 183 Å². The summed E-state index contributed by atoms with van der Waals surface area (Å²) in [5.41, 5.74) is 6.61. The number of hydrogen-bond acceptors (Lipinski definition) is 4. The predicted molar refractivity (Wildman–Crippen MR) is 108 cm³/mol. The molecular weight excluding hydrogens is 455 g/mol. The fourth-order valence-electron chi connectivity index (χ4n) is 2.94. The highest BCUT2D eigenvalue weighted by Gasteiger charge is 2.38. The molecule has 6 nitrogen and oxygen atoms in total. The molecule has 0 saturated carbocycles. The number of carbonyl (C=O) groups excluding carboxylic acids is 1. The average molecular weight is 474 g/mol. The van der Waals surface area contributed by atoms with Crippen molar-refractivity contribution >= 4 is 27.5 Å². The van der Waals surface area contributed by atoms with Gasteiger partial charge in [-0.15, -0.1) is 0 Å². The summed E-state index contributed by atoms with van der Waals surface area (Å²) in [5, 5.41) is 9.27. The van der Waals surface area contributed by atoms with Crippen LogP contribution in [0, 0.1) is 18.3 Å². The van der Waals surface area contributed by atoms with Crippen LogP contribution in [0.3, 0.4) is 0 Å². The molecule has 1 atom stereocenters. The first-order valence-corrected chi connectivity index (χ1v) is 10.8. The second-order valence-electron chi connectivity index (χ2n) is 6.83. The Hall–Kier alpha value is -2.61. The largest absolute Gasteiger partial charge is 0.389 e. The van der Waals surface area contributed by atoms with E-state index in [1.54, 1.807) is 6.92 Å². The molecule has 0 bridgehead atoms.